The monoisotopic (exact) mass is 324 g/mol. The number of nitro benzene ring substituents is 1. The molecule has 102 valence electrons. The Morgan fingerprint density at radius 1 is 1.42 bits per heavy atom. The van der Waals surface area contributed by atoms with Crippen LogP contribution in [0, 0.1) is 10.1 Å². The molecule has 0 aliphatic heterocycles. The first-order chi connectivity index (χ1) is 9.16. The van der Waals surface area contributed by atoms with Gasteiger partial charge in [0.15, 0.2) is 0 Å². The van der Waals surface area contributed by atoms with Crippen molar-refractivity contribution in [3.8, 4) is 0 Å². The van der Waals surface area contributed by atoms with Gasteiger partial charge in [-0.25, -0.2) is 0 Å². The molecule has 0 fully saturated rings. The minimum atomic E-state index is -0.364. The van der Waals surface area contributed by atoms with E-state index < -0.39 is 0 Å². The standard InChI is InChI=1S/C14H17BrN2O2/c15-13-6-5-12(9-14(13)17(18)19)10-16-8-7-11-3-1-2-4-11/h3,5-6,9,16H,1-2,4,7-8,10H2. The van der Waals surface area contributed by atoms with Crippen molar-refractivity contribution in [3.63, 3.8) is 0 Å². The van der Waals surface area contributed by atoms with Crippen molar-refractivity contribution in [1.29, 1.82) is 0 Å². The number of nitrogens with zero attached hydrogens (tertiary/aromatic N) is 1. The molecule has 0 saturated heterocycles. The zero-order valence-corrected chi connectivity index (χ0v) is 12.3. The minimum absolute atomic E-state index is 0.123. The highest BCUT2D eigenvalue weighted by Gasteiger charge is 2.12. The predicted molar refractivity (Wildman–Crippen MR) is 79.1 cm³/mol. The van der Waals surface area contributed by atoms with E-state index in [-0.39, 0.29) is 10.6 Å². The number of hydrogen-bond donors (Lipinski definition) is 1. The van der Waals surface area contributed by atoms with Gasteiger partial charge in [0.2, 0.25) is 0 Å². The summed E-state index contributed by atoms with van der Waals surface area (Å²) in [5, 5.41) is 14.2. The molecule has 0 radical (unpaired) electrons. The molecular formula is C14H17BrN2O2. The average molecular weight is 325 g/mol. The quantitative estimate of drug-likeness (QED) is 0.373. The van der Waals surface area contributed by atoms with Crippen LogP contribution in [0.2, 0.25) is 0 Å². The summed E-state index contributed by atoms with van der Waals surface area (Å²) >= 11 is 3.19. The first-order valence-electron chi connectivity index (χ1n) is 6.48. The third-order valence-corrected chi connectivity index (χ3v) is 3.96. The number of nitro groups is 1. The van der Waals surface area contributed by atoms with E-state index in [1.807, 2.05) is 6.07 Å². The van der Waals surface area contributed by atoms with Gasteiger partial charge in [0.25, 0.3) is 5.69 Å². The summed E-state index contributed by atoms with van der Waals surface area (Å²) in [6, 6.07) is 5.25. The Balaban J connectivity index is 1.82. The smallest absolute Gasteiger partial charge is 0.283 e. The van der Waals surface area contributed by atoms with Crippen LogP contribution in [0.15, 0.2) is 34.3 Å². The second-order valence-corrected chi connectivity index (χ2v) is 5.58. The lowest BCUT2D eigenvalue weighted by molar-refractivity contribution is -0.385. The van der Waals surface area contributed by atoms with Crippen molar-refractivity contribution in [2.24, 2.45) is 0 Å². The summed E-state index contributed by atoms with van der Waals surface area (Å²) < 4.78 is 0.525. The second kappa shape index (κ2) is 6.82. The molecule has 1 N–H and O–H groups in total. The molecular weight excluding hydrogens is 308 g/mol. The maximum Gasteiger partial charge on any atom is 0.283 e. The highest BCUT2D eigenvalue weighted by atomic mass is 79.9. The van der Waals surface area contributed by atoms with Crippen molar-refractivity contribution in [2.45, 2.75) is 32.2 Å². The van der Waals surface area contributed by atoms with Gasteiger partial charge in [0, 0.05) is 12.6 Å². The maximum atomic E-state index is 10.8. The molecule has 2 rings (SSSR count). The van der Waals surface area contributed by atoms with E-state index in [9.17, 15) is 10.1 Å². The maximum absolute atomic E-state index is 10.8. The summed E-state index contributed by atoms with van der Waals surface area (Å²) in [7, 11) is 0. The summed E-state index contributed by atoms with van der Waals surface area (Å²) in [6.45, 7) is 1.59. The van der Waals surface area contributed by atoms with Gasteiger partial charge in [-0.15, -0.1) is 0 Å². The summed E-state index contributed by atoms with van der Waals surface area (Å²) in [5.74, 6) is 0. The second-order valence-electron chi connectivity index (χ2n) is 4.72. The fraction of sp³-hybridized carbons (Fsp3) is 0.429. The predicted octanol–water partition coefficient (Wildman–Crippen LogP) is 3.95. The van der Waals surface area contributed by atoms with E-state index in [4.69, 9.17) is 0 Å². The Morgan fingerprint density at radius 2 is 2.26 bits per heavy atom. The third-order valence-electron chi connectivity index (χ3n) is 3.29. The summed E-state index contributed by atoms with van der Waals surface area (Å²) in [5.41, 5.74) is 2.60. The van der Waals surface area contributed by atoms with E-state index in [2.05, 4.69) is 27.3 Å². The van der Waals surface area contributed by atoms with Crippen LogP contribution in [0.5, 0.6) is 0 Å². The van der Waals surface area contributed by atoms with Gasteiger partial charge in [0.1, 0.15) is 0 Å². The van der Waals surface area contributed by atoms with Crippen molar-refractivity contribution < 1.29 is 4.92 Å². The molecule has 1 aromatic carbocycles. The van der Waals surface area contributed by atoms with Gasteiger partial charge in [-0.05, 0) is 59.8 Å². The fourth-order valence-electron chi connectivity index (χ4n) is 2.25. The van der Waals surface area contributed by atoms with Gasteiger partial charge in [0.05, 0.1) is 9.40 Å². The third kappa shape index (κ3) is 4.14. The molecule has 0 saturated carbocycles. The van der Waals surface area contributed by atoms with Crippen LogP contribution in [-0.4, -0.2) is 11.5 Å². The van der Waals surface area contributed by atoms with Crippen LogP contribution in [0.3, 0.4) is 0 Å². The van der Waals surface area contributed by atoms with Gasteiger partial charge in [-0.1, -0.05) is 17.7 Å². The fourth-order valence-corrected chi connectivity index (χ4v) is 2.65. The van der Waals surface area contributed by atoms with E-state index in [1.165, 1.54) is 24.8 Å². The van der Waals surface area contributed by atoms with Crippen LogP contribution in [0.25, 0.3) is 0 Å². The molecule has 0 amide bonds. The van der Waals surface area contributed by atoms with Crippen LogP contribution in [0.4, 0.5) is 5.69 Å². The van der Waals surface area contributed by atoms with Gasteiger partial charge < -0.3 is 5.32 Å². The molecule has 1 aromatic rings. The van der Waals surface area contributed by atoms with Gasteiger partial charge in [-0.3, -0.25) is 10.1 Å². The Morgan fingerprint density at radius 3 is 2.95 bits per heavy atom. The molecule has 1 aliphatic rings. The number of halogens is 1. The molecule has 0 unspecified atom stereocenters. The Kier molecular flexibility index (Phi) is 5.10. The van der Waals surface area contributed by atoms with Crippen LogP contribution >= 0.6 is 15.9 Å². The molecule has 0 heterocycles. The first kappa shape index (κ1) is 14.2. The largest absolute Gasteiger partial charge is 0.312 e. The zero-order valence-electron chi connectivity index (χ0n) is 10.7. The molecule has 0 bridgehead atoms. The first-order valence-corrected chi connectivity index (χ1v) is 7.27. The van der Waals surface area contributed by atoms with E-state index in [1.54, 1.807) is 12.1 Å². The molecule has 0 spiro atoms. The molecule has 5 heteroatoms. The number of rotatable bonds is 6. The topological polar surface area (TPSA) is 55.2 Å². The number of nitrogens with one attached hydrogen (secondary N) is 1. The Bertz CT molecular complexity index is 500. The van der Waals surface area contributed by atoms with Gasteiger partial charge >= 0.3 is 0 Å². The van der Waals surface area contributed by atoms with Crippen LogP contribution in [-0.2, 0) is 6.54 Å². The number of hydrogen-bond acceptors (Lipinski definition) is 3. The van der Waals surface area contributed by atoms with Crippen molar-refractivity contribution in [2.75, 3.05) is 6.54 Å². The minimum Gasteiger partial charge on any atom is -0.312 e. The van der Waals surface area contributed by atoms with Crippen molar-refractivity contribution >= 4 is 21.6 Å². The molecule has 0 atom stereocenters. The van der Waals surface area contributed by atoms with Crippen LogP contribution in [0.1, 0.15) is 31.2 Å². The lowest BCUT2D eigenvalue weighted by Gasteiger charge is -2.06. The lowest BCUT2D eigenvalue weighted by Crippen LogP contribution is -2.15. The van der Waals surface area contributed by atoms with E-state index in [0.717, 1.165) is 18.5 Å². The van der Waals surface area contributed by atoms with Crippen molar-refractivity contribution in [1.82, 2.24) is 5.32 Å². The Labute approximate surface area is 121 Å². The van der Waals surface area contributed by atoms with E-state index >= 15 is 0 Å². The molecule has 19 heavy (non-hydrogen) atoms. The normalized spacial score (nSPS) is 14.5. The van der Waals surface area contributed by atoms with Crippen molar-refractivity contribution in [3.05, 3.63) is 50.0 Å². The SMILES string of the molecule is O=[N+]([O-])c1cc(CNCCC2=CCCC2)ccc1Br. The number of benzene rings is 1. The van der Waals surface area contributed by atoms with E-state index in [0.29, 0.717) is 11.0 Å². The lowest BCUT2D eigenvalue weighted by atomic mass is 10.1. The highest BCUT2D eigenvalue weighted by Crippen LogP contribution is 2.25. The van der Waals surface area contributed by atoms with Crippen LogP contribution < -0.4 is 5.32 Å². The van der Waals surface area contributed by atoms with Gasteiger partial charge in [-0.2, -0.15) is 0 Å². The Hall–Kier alpha value is -1.20. The number of allylic oxidation sites excluding steroid dienone is 1. The average Bonchev–Trinajstić information content (AvgIpc) is 2.89. The summed E-state index contributed by atoms with van der Waals surface area (Å²) in [6.07, 6.45) is 7.14. The highest BCUT2D eigenvalue weighted by molar-refractivity contribution is 9.10. The molecule has 0 aromatic heterocycles. The summed E-state index contributed by atoms with van der Waals surface area (Å²) in [4.78, 5) is 10.5. The molecule has 4 nitrogen and oxygen atoms in total. The molecule has 1 aliphatic carbocycles. The zero-order chi connectivity index (χ0) is 13.7.